The molecule has 116 valence electrons. The molecule has 0 saturated carbocycles. The van der Waals surface area contributed by atoms with Crippen LogP contribution < -0.4 is 9.47 Å². The third-order valence-electron chi connectivity index (χ3n) is 3.48. The van der Waals surface area contributed by atoms with E-state index in [4.69, 9.17) is 14.7 Å². The van der Waals surface area contributed by atoms with Gasteiger partial charge in [-0.25, -0.2) is 0 Å². The lowest BCUT2D eigenvalue weighted by Crippen LogP contribution is -2.23. The Labute approximate surface area is 128 Å². The molecule has 6 heteroatoms. The number of ether oxygens (including phenoxy) is 2. The van der Waals surface area contributed by atoms with Crippen LogP contribution >= 0.6 is 0 Å². The monoisotopic (exact) mass is 303 g/mol. The summed E-state index contributed by atoms with van der Waals surface area (Å²) < 4.78 is 10.4. The second-order valence-corrected chi connectivity index (χ2v) is 4.77. The zero-order valence-corrected chi connectivity index (χ0v) is 12.7. The number of methoxy groups -OCH3 is 2. The molecule has 0 atom stereocenters. The molecule has 0 amide bonds. The van der Waals surface area contributed by atoms with Gasteiger partial charge in [0.05, 0.1) is 36.6 Å². The molecule has 1 aromatic rings. The number of hydrogen-bond donors (Lipinski definition) is 1. The van der Waals surface area contributed by atoms with E-state index in [1.54, 1.807) is 12.1 Å². The Morgan fingerprint density at radius 2 is 1.73 bits per heavy atom. The number of benzene rings is 1. The van der Waals surface area contributed by atoms with Gasteiger partial charge in [-0.3, -0.25) is 9.59 Å². The summed E-state index contributed by atoms with van der Waals surface area (Å²) in [5.41, 5.74) is 0.593. The molecule has 0 fully saturated rings. The first-order valence-corrected chi connectivity index (χ1v) is 6.86. The second-order valence-electron chi connectivity index (χ2n) is 4.77. The second kappa shape index (κ2) is 6.43. The van der Waals surface area contributed by atoms with Crippen LogP contribution in [-0.4, -0.2) is 36.7 Å². The Kier molecular flexibility index (Phi) is 4.60. The van der Waals surface area contributed by atoms with Gasteiger partial charge < -0.3 is 14.7 Å². The summed E-state index contributed by atoms with van der Waals surface area (Å²) in [5, 5.41) is 12.3. The van der Waals surface area contributed by atoms with Gasteiger partial charge in [0.1, 0.15) is 11.5 Å². The molecule has 0 bridgehead atoms. The van der Waals surface area contributed by atoms with Crippen LogP contribution in [0, 0.1) is 0 Å². The fourth-order valence-electron chi connectivity index (χ4n) is 2.47. The van der Waals surface area contributed by atoms with Gasteiger partial charge in [0.25, 0.3) is 0 Å². The Morgan fingerprint density at radius 3 is 2.23 bits per heavy atom. The third-order valence-corrected chi connectivity index (χ3v) is 3.48. The van der Waals surface area contributed by atoms with Gasteiger partial charge in [0.15, 0.2) is 11.6 Å². The van der Waals surface area contributed by atoms with E-state index in [9.17, 15) is 9.59 Å². The molecule has 0 aromatic heterocycles. The van der Waals surface area contributed by atoms with Crippen molar-refractivity contribution in [2.24, 2.45) is 5.16 Å². The molecule has 22 heavy (non-hydrogen) atoms. The fourth-order valence-corrected chi connectivity index (χ4v) is 2.47. The van der Waals surface area contributed by atoms with Crippen molar-refractivity contribution in [3.63, 3.8) is 0 Å². The number of nitrogens with zero attached hydrogens (tertiary/aromatic N) is 1. The number of hydrogen-bond acceptors (Lipinski definition) is 6. The number of ketones is 2. The minimum atomic E-state index is -0.411. The van der Waals surface area contributed by atoms with Gasteiger partial charge in [0, 0.05) is 0 Å². The average molecular weight is 303 g/mol. The standard InChI is InChI=1S/C16H17NO5/c1-4-5-10(17-20)9-8-11(18)14-12(21-2)6-7-13(22-3)15(14)16(9)19/h6-8,20H,4-5H2,1-3H3/b17-10+. The van der Waals surface area contributed by atoms with Crippen LogP contribution in [0.15, 0.2) is 28.9 Å². The van der Waals surface area contributed by atoms with Crippen LogP contribution in [0.2, 0.25) is 0 Å². The third kappa shape index (κ3) is 2.47. The zero-order valence-electron chi connectivity index (χ0n) is 12.7. The van der Waals surface area contributed by atoms with Crippen molar-refractivity contribution in [2.45, 2.75) is 19.8 Å². The van der Waals surface area contributed by atoms with Crippen molar-refractivity contribution < 1.29 is 24.3 Å². The molecule has 1 aliphatic rings. The summed E-state index contributed by atoms with van der Waals surface area (Å²) >= 11 is 0. The molecule has 1 aliphatic carbocycles. The molecular formula is C16H17NO5. The maximum atomic E-state index is 12.7. The SMILES string of the molecule is CCC/C(=N\O)C1=CC(=O)c2c(OC)ccc(OC)c2C1=O. The normalized spacial score (nSPS) is 14.5. The number of carbonyl (C=O) groups excluding carboxylic acids is 2. The lowest BCUT2D eigenvalue weighted by atomic mass is 9.85. The highest BCUT2D eigenvalue weighted by Crippen LogP contribution is 2.36. The van der Waals surface area contributed by atoms with Crippen molar-refractivity contribution in [2.75, 3.05) is 14.2 Å². The van der Waals surface area contributed by atoms with Crippen LogP contribution in [0.4, 0.5) is 0 Å². The van der Waals surface area contributed by atoms with Crippen molar-refractivity contribution >= 4 is 17.3 Å². The van der Waals surface area contributed by atoms with Gasteiger partial charge in [-0.1, -0.05) is 18.5 Å². The highest BCUT2D eigenvalue weighted by Gasteiger charge is 2.33. The zero-order chi connectivity index (χ0) is 16.3. The Balaban J connectivity index is 2.66. The summed E-state index contributed by atoms with van der Waals surface area (Å²) in [6, 6.07) is 3.15. The van der Waals surface area contributed by atoms with Gasteiger partial charge in [0.2, 0.25) is 0 Å². The van der Waals surface area contributed by atoms with E-state index in [2.05, 4.69) is 5.16 Å². The number of Topliss-reactive ketones (excluding diaryl/α,β-unsaturated/α-hetero) is 1. The molecule has 1 N–H and O–H groups in total. The molecule has 0 spiro atoms. The Bertz CT molecular complexity index is 688. The van der Waals surface area contributed by atoms with E-state index >= 15 is 0 Å². The highest BCUT2D eigenvalue weighted by atomic mass is 16.5. The predicted molar refractivity (Wildman–Crippen MR) is 80.4 cm³/mol. The summed E-state index contributed by atoms with van der Waals surface area (Å²) in [7, 11) is 2.85. The first-order valence-electron chi connectivity index (χ1n) is 6.86. The Hall–Kier alpha value is -2.63. The maximum Gasteiger partial charge on any atom is 0.199 e. The molecule has 1 aromatic carbocycles. The van der Waals surface area contributed by atoms with E-state index < -0.39 is 5.78 Å². The summed E-state index contributed by atoms with van der Waals surface area (Å²) in [6.07, 6.45) is 2.26. The molecule has 0 aliphatic heterocycles. The molecule has 6 nitrogen and oxygen atoms in total. The molecule has 0 heterocycles. The van der Waals surface area contributed by atoms with Gasteiger partial charge in [-0.05, 0) is 24.6 Å². The van der Waals surface area contributed by atoms with Gasteiger partial charge in [-0.15, -0.1) is 0 Å². The van der Waals surface area contributed by atoms with Crippen molar-refractivity contribution in [1.29, 1.82) is 0 Å². The van der Waals surface area contributed by atoms with Crippen molar-refractivity contribution in [3.8, 4) is 11.5 Å². The highest BCUT2D eigenvalue weighted by molar-refractivity contribution is 6.37. The average Bonchev–Trinajstić information content (AvgIpc) is 2.54. The van der Waals surface area contributed by atoms with Crippen LogP contribution in [0.5, 0.6) is 11.5 Å². The van der Waals surface area contributed by atoms with E-state index in [1.807, 2.05) is 6.92 Å². The topological polar surface area (TPSA) is 85.2 Å². The molecule has 0 unspecified atom stereocenters. The minimum absolute atomic E-state index is 0.0911. The van der Waals surface area contributed by atoms with Gasteiger partial charge >= 0.3 is 0 Å². The maximum absolute atomic E-state index is 12.7. The molecular weight excluding hydrogens is 286 g/mol. The predicted octanol–water partition coefficient (Wildman–Crippen LogP) is 2.64. The van der Waals surface area contributed by atoms with Crippen molar-refractivity contribution in [3.05, 3.63) is 34.9 Å². The van der Waals surface area contributed by atoms with E-state index in [-0.39, 0.29) is 33.9 Å². The smallest absolute Gasteiger partial charge is 0.199 e. The largest absolute Gasteiger partial charge is 0.496 e. The lowest BCUT2D eigenvalue weighted by Gasteiger charge is -2.20. The number of oxime groups is 1. The number of rotatable bonds is 5. The van der Waals surface area contributed by atoms with Crippen LogP contribution in [0.25, 0.3) is 0 Å². The number of carbonyl (C=O) groups is 2. The minimum Gasteiger partial charge on any atom is -0.496 e. The molecule has 0 radical (unpaired) electrons. The fraction of sp³-hybridized carbons (Fsp3) is 0.312. The summed E-state index contributed by atoms with van der Waals surface area (Å²) in [4.78, 5) is 25.2. The summed E-state index contributed by atoms with van der Waals surface area (Å²) in [5.74, 6) is -0.194. The number of allylic oxidation sites excluding steroid dienone is 2. The van der Waals surface area contributed by atoms with E-state index in [0.717, 1.165) is 0 Å². The lowest BCUT2D eigenvalue weighted by molar-refractivity contribution is 0.0983. The van der Waals surface area contributed by atoms with Gasteiger partial charge in [-0.2, -0.15) is 0 Å². The number of fused-ring (bicyclic) bond motifs is 1. The first-order chi connectivity index (χ1) is 10.6. The van der Waals surface area contributed by atoms with E-state index in [1.165, 1.54) is 20.3 Å². The molecule has 2 rings (SSSR count). The van der Waals surface area contributed by atoms with Crippen LogP contribution in [-0.2, 0) is 0 Å². The molecule has 0 saturated heterocycles. The summed E-state index contributed by atoms with van der Waals surface area (Å²) in [6.45, 7) is 1.89. The first kappa shape index (κ1) is 15.8. The van der Waals surface area contributed by atoms with E-state index in [0.29, 0.717) is 18.6 Å². The quantitative estimate of drug-likeness (QED) is 0.513. The Morgan fingerprint density at radius 1 is 1.14 bits per heavy atom. The van der Waals surface area contributed by atoms with Crippen LogP contribution in [0.1, 0.15) is 40.5 Å². The van der Waals surface area contributed by atoms with Crippen molar-refractivity contribution in [1.82, 2.24) is 0 Å². The van der Waals surface area contributed by atoms with Crippen LogP contribution in [0.3, 0.4) is 0 Å².